The second kappa shape index (κ2) is 5.09. The van der Waals surface area contributed by atoms with Gasteiger partial charge in [0.25, 0.3) is 0 Å². The molecule has 3 rings (SSSR count). The third-order valence-corrected chi connectivity index (χ3v) is 3.72. The average Bonchev–Trinajstić information content (AvgIpc) is 2.82. The van der Waals surface area contributed by atoms with Gasteiger partial charge in [0.05, 0.1) is 0 Å². The van der Waals surface area contributed by atoms with Gasteiger partial charge in [-0.25, -0.2) is 0 Å². The predicted octanol–water partition coefficient (Wildman–Crippen LogP) is 3.44. The van der Waals surface area contributed by atoms with Gasteiger partial charge in [0.2, 0.25) is 0 Å². The first-order valence-corrected chi connectivity index (χ1v) is 6.59. The van der Waals surface area contributed by atoms with Crippen LogP contribution in [0.5, 0.6) is 0 Å². The number of nitrogens with zero attached hydrogens (tertiary/aromatic N) is 1. The summed E-state index contributed by atoms with van der Waals surface area (Å²) in [6.45, 7) is 0.780. The summed E-state index contributed by atoms with van der Waals surface area (Å²) in [4.78, 5) is 0. The highest BCUT2D eigenvalue weighted by atomic mass is 16.5. The molecule has 1 saturated heterocycles. The molecule has 1 fully saturated rings. The first-order chi connectivity index (χ1) is 8.83. The molecule has 1 aliphatic heterocycles. The van der Waals surface area contributed by atoms with Crippen LogP contribution in [0.2, 0.25) is 0 Å². The fourth-order valence-electron chi connectivity index (χ4n) is 2.66. The van der Waals surface area contributed by atoms with E-state index in [1.807, 2.05) is 0 Å². The van der Waals surface area contributed by atoms with E-state index in [1.54, 1.807) is 0 Å². The molecule has 0 amide bonds. The molecule has 1 atom stereocenters. The first kappa shape index (κ1) is 11.7. The molecule has 1 aliphatic rings. The molecule has 0 bridgehead atoms. The summed E-state index contributed by atoms with van der Waals surface area (Å²) in [7, 11) is 0. The van der Waals surface area contributed by atoms with Gasteiger partial charge < -0.3 is 5.21 Å². The zero-order valence-electron chi connectivity index (χ0n) is 10.4. The summed E-state index contributed by atoms with van der Waals surface area (Å²) in [5, 5.41) is 13.7. The van der Waals surface area contributed by atoms with Crippen molar-refractivity contribution in [1.29, 1.82) is 0 Å². The SMILES string of the molecule is ON1CC[CH]C1CCc1ccc2ccccc2c1. The molecule has 2 aromatic carbocycles. The zero-order valence-corrected chi connectivity index (χ0v) is 10.4. The summed E-state index contributed by atoms with van der Waals surface area (Å²) >= 11 is 0. The van der Waals surface area contributed by atoms with Gasteiger partial charge >= 0.3 is 0 Å². The average molecular weight is 240 g/mol. The highest BCUT2D eigenvalue weighted by molar-refractivity contribution is 5.82. The molecule has 18 heavy (non-hydrogen) atoms. The second-order valence-electron chi connectivity index (χ2n) is 4.97. The van der Waals surface area contributed by atoms with Crippen molar-refractivity contribution in [2.45, 2.75) is 25.3 Å². The minimum Gasteiger partial charge on any atom is -0.314 e. The maximum absolute atomic E-state index is 9.64. The lowest BCUT2D eigenvalue weighted by atomic mass is 10.0. The number of hydroxylamine groups is 2. The van der Waals surface area contributed by atoms with E-state index in [2.05, 4.69) is 48.9 Å². The minimum atomic E-state index is 0.233. The maximum atomic E-state index is 9.64. The number of fused-ring (bicyclic) bond motifs is 1. The van der Waals surface area contributed by atoms with Gasteiger partial charge in [-0.15, -0.1) is 0 Å². The molecule has 1 unspecified atom stereocenters. The van der Waals surface area contributed by atoms with E-state index in [-0.39, 0.29) is 6.04 Å². The van der Waals surface area contributed by atoms with Crippen molar-refractivity contribution in [2.75, 3.05) is 6.54 Å². The fraction of sp³-hybridized carbons (Fsp3) is 0.312. The van der Waals surface area contributed by atoms with Crippen molar-refractivity contribution >= 4 is 10.8 Å². The Morgan fingerprint density at radius 2 is 1.94 bits per heavy atom. The lowest BCUT2D eigenvalue weighted by molar-refractivity contribution is -0.0990. The largest absolute Gasteiger partial charge is 0.314 e. The highest BCUT2D eigenvalue weighted by Gasteiger charge is 2.22. The van der Waals surface area contributed by atoms with Crippen LogP contribution in [-0.2, 0) is 6.42 Å². The maximum Gasteiger partial charge on any atom is 0.0385 e. The number of hydrogen-bond acceptors (Lipinski definition) is 2. The molecule has 1 N–H and O–H groups in total. The van der Waals surface area contributed by atoms with E-state index in [1.165, 1.54) is 21.4 Å². The highest BCUT2D eigenvalue weighted by Crippen LogP contribution is 2.21. The van der Waals surface area contributed by atoms with E-state index < -0.39 is 0 Å². The Morgan fingerprint density at radius 1 is 1.11 bits per heavy atom. The Kier molecular flexibility index (Phi) is 3.31. The van der Waals surface area contributed by atoms with Crippen LogP contribution in [0.15, 0.2) is 42.5 Å². The Morgan fingerprint density at radius 3 is 2.72 bits per heavy atom. The predicted molar refractivity (Wildman–Crippen MR) is 73.5 cm³/mol. The van der Waals surface area contributed by atoms with Crippen LogP contribution in [0.25, 0.3) is 10.8 Å². The molecule has 2 heteroatoms. The van der Waals surface area contributed by atoms with Crippen molar-refractivity contribution in [3.63, 3.8) is 0 Å². The monoisotopic (exact) mass is 240 g/mol. The summed E-state index contributed by atoms with van der Waals surface area (Å²) in [5.74, 6) is 0. The molecule has 2 nitrogen and oxygen atoms in total. The topological polar surface area (TPSA) is 23.5 Å². The van der Waals surface area contributed by atoms with Gasteiger partial charge in [0.15, 0.2) is 0 Å². The summed E-state index contributed by atoms with van der Waals surface area (Å²) in [5.41, 5.74) is 1.35. The molecule has 0 aliphatic carbocycles. The Hall–Kier alpha value is -1.38. The quantitative estimate of drug-likeness (QED) is 0.888. The Balaban J connectivity index is 1.71. The van der Waals surface area contributed by atoms with Crippen LogP contribution in [0, 0.1) is 6.42 Å². The Labute approximate surface area is 108 Å². The number of benzene rings is 2. The number of rotatable bonds is 3. The van der Waals surface area contributed by atoms with Crippen molar-refractivity contribution in [1.82, 2.24) is 5.06 Å². The number of aryl methyl sites for hydroxylation is 1. The molecule has 93 valence electrons. The molecule has 0 aromatic heterocycles. The van der Waals surface area contributed by atoms with Crippen molar-refractivity contribution in [3.8, 4) is 0 Å². The summed E-state index contributed by atoms with van der Waals surface area (Å²) < 4.78 is 0. The standard InChI is InChI=1S/C16H18NO/c18-17-11-3-6-16(17)10-8-13-7-9-14-4-1-2-5-15(14)12-13/h1-2,4-7,9,12,16,18H,3,8,10-11H2. The van der Waals surface area contributed by atoms with Crippen LogP contribution in [0.1, 0.15) is 18.4 Å². The molecule has 0 saturated carbocycles. The smallest absolute Gasteiger partial charge is 0.0385 e. The van der Waals surface area contributed by atoms with Crippen LogP contribution < -0.4 is 0 Å². The zero-order chi connectivity index (χ0) is 12.4. The van der Waals surface area contributed by atoms with Crippen LogP contribution in [-0.4, -0.2) is 22.9 Å². The number of hydrogen-bond donors (Lipinski definition) is 1. The van der Waals surface area contributed by atoms with Crippen molar-refractivity contribution in [3.05, 3.63) is 54.4 Å². The molecule has 1 radical (unpaired) electrons. The fourth-order valence-corrected chi connectivity index (χ4v) is 2.66. The van der Waals surface area contributed by atoms with Crippen LogP contribution >= 0.6 is 0 Å². The second-order valence-corrected chi connectivity index (χ2v) is 4.97. The van der Waals surface area contributed by atoms with E-state index in [0.717, 1.165) is 25.8 Å². The summed E-state index contributed by atoms with van der Waals surface area (Å²) in [6, 6.07) is 15.3. The third-order valence-electron chi connectivity index (χ3n) is 3.72. The van der Waals surface area contributed by atoms with Gasteiger partial charge in [0.1, 0.15) is 0 Å². The molecular formula is C16H18NO. The molecule has 2 aromatic rings. The van der Waals surface area contributed by atoms with E-state index in [4.69, 9.17) is 0 Å². The summed E-state index contributed by atoms with van der Waals surface area (Å²) in [6.07, 6.45) is 5.22. The first-order valence-electron chi connectivity index (χ1n) is 6.59. The van der Waals surface area contributed by atoms with E-state index in [9.17, 15) is 5.21 Å². The van der Waals surface area contributed by atoms with Crippen molar-refractivity contribution in [2.24, 2.45) is 0 Å². The van der Waals surface area contributed by atoms with E-state index in [0.29, 0.717) is 0 Å². The lowest BCUT2D eigenvalue weighted by Gasteiger charge is -2.17. The van der Waals surface area contributed by atoms with Crippen LogP contribution in [0.3, 0.4) is 0 Å². The lowest BCUT2D eigenvalue weighted by Crippen LogP contribution is -2.26. The van der Waals surface area contributed by atoms with Gasteiger partial charge in [-0.2, -0.15) is 5.06 Å². The molecule has 1 heterocycles. The van der Waals surface area contributed by atoms with Gasteiger partial charge in [0, 0.05) is 12.6 Å². The third kappa shape index (κ3) is 2.40. The van der Waals surface area contributed by atoms with Crippen molar-refractivity contribution < 1.29 is 5.21 Å². The molecular weight excluding hydrogens is 222 g/mol. The van der Waals surface area contributed by atoms with Gasteiger partial charge in [-0.1, -0.05) is 42.5 Å². The minimum absolute atomic E-state index is 0.233. The van der Waals surface area contributed by atoms with Gasteiger partial charge in [-0.3, -0.25) is 0 Å². The normalized spacial score (nSPS) is 20.6. The van der Waals surface area contributed by atoms with Crippen LogP contribution in [0.4, 0.5) is 0 Å². The van der Waals surface area contributed by atoms with E-state index >= 15 is 0 Å². The Bertz CT molecular complexity index is 537. The molecule has 0 spiro atoms. The van der Waals surface area contributed by atoms with Gasteiger partial charge in [-0.05, 0) is 42.0 Å².